The highest BCUT2D eigenvalue weighted by Crippen LogP contribution is 2.33. The van der Waals surface area contributed by atoms with Crippen LogP contribution in [0.25, 0.3) is 0 Å². The van der Waals surface area contributed by atoms with Crippen LogP contribution in [0.4, 0.5) is 0 Å². The van der Waals surface area contributed by atoms with Crippen molar-refractivity contribution >= 4 is 27.6 Å². The van der Waals surface area contributed by atoms with Gasteiger partial charge in [-0.3, -0.25) is 0 Å². The van der Waals surface area contributed by atoms with E-state index in [-0.39, 0.29) is 23.4 Å². The van der Waals surface area contributed by atoms with Crippen LogP contribution in [0.15, 0.2) is 29.2 Å². The van der Waals surface area contributed by atoms with E-state index in [1.165, 1.54) is 11.8 Å². The molecule has 2 rings (SSSR count). The fourth-order valence-corrected chi connectivity index (χ4v) is 5.56. The minimum atomic E-state index is -2.94. The van der Waals surface area contributed by atoms with Crippen molar-refractivity contribution in [3.05, 3.63) is 29.8 Å². The van der Waals surface area contributed by atoms with Gasteiger partial charge >= 0.3 is 5.97 Å². The standard InChI is InChI=1S/C13H13NO4S2/c14-6-7-18-13(15)11-3-1-2-4-12(11)19-10-5-8-20(16,17)9-10/h1-4,10H,5,7-9H2. The van der Waals surface area contributed by atoms with Crippen molar-refractivity contribution in [3.8, 4) is 6.07 Å². The molecule has 1 aromatic rings. The molecule has 0 aromatic heterocycles. The topological polar surface area (TPSA) is 84.2 Å². The third-order valence-electron chi connectivity index (χ3n) is 2.86. The fraction of sp³-hybridized carbons (Fsp3) is 0.385. The Labute approximate surface area is 121 Å². The van der Waals surface area contributed by atoms with Crippen LogP contribution in [-0.4, -0.2) is 37.7 Å². The average molecular weight is 311 g/mol. The van der Waals surface area contributed by atoms with E-state index in [0.29, 0.717) is 16.9 Å². The van der Waals surface area contributed by atoms with Crippen LogP contribution in [0.2, 0.25) is 0 Å². The second-order valence-electron chi connectivity index (χ2n) is 4.37. The smallest absolute Gasteiger partial charge is 0.340 e. The summed E-state index contributed by atoms with van der Waals surface area (Å²) in [6.07, 6.45) is 0.592. The van der Waals surface area contributed by atoms with Crippen molar-refractivity contribution in [2.75, 3.05) is 18.1 Å². The lowest BCUT2D eigenvalue weighted by Gasteiger charge is -2.11. The maximum absolute atomic E-state index is 11.8. The van der Waals surface area contributed by atoms with Crippen LogP contribution < -0.4 is 0 Å². The predicted octanol–water partition coefficient (Wildman–Crippen LogP) is 1.65. The number of rotatable bonds is 4. The lowest BCUT2D eigenvalue weighted by molar-refractivity contribution is 0.0551. The summed E-state index contributed by atoms with van der Waals surface area (Å²) in [7, 11) is -2.94. The van der Waals surface area contributed by atoms with Crippen LogP contribution in [0.5, 0.6) is 0 Å². The number of thioether (sulfide) groups is 1. The number of ether oxygens (including phenoxy) is 1. The van der Waals surface area contributed by atoms with Crippen molar-refractivity contribution < 1.29 is 17.9 Å². The molecule has 0 radical (unpaired) electrons. The molecular formula is C13H13NO4S2. The van der Waals surface area contributed by atoms with E-state index >= 15 is 0 Å². The molecule has 0 saturated carbocycles. The van der Waals surface area contributed by atoms with Gasteiger partial charge in [-0.25, -0.2) is 13.2 Å². The zero-order valence-corrected chi connectivity index (χ0v) is 12.2. The van der Waals surface area contributed by atoms with Crippen LogP contribution in [0, 0.1) is 11.3 Å². The largest absolute Gasteiger partial charge is 0.447 e. The summed E-state index contributed by atoms with van der Waals surface area (Å²) in [5, 5.41) is 8.38. The Hall–Kier alpha value is -1.52. The molecule has 5 nitrogen and oxygen atoms in total. The van der Waals surface area contributed by atoms with Crippen LogP contribution in [0.3, 0.4) is 0 Å². The lowest BCUT2D eigenvalue weighted by atomic mass is 10.2. The van der Waals surface area contributed by atoms with Crippen molar-refractivity contribution in [2.45, 2.75) is 16.6 Å². The Morgan fingerprint density at radius 3 is 2.85 bits per heavy atom. The Balaban J connectivity index is 2.12. The summed E-state index contributed by atoms with van der Waals surface area (Å²) in [5.41, 5.74) is 0.372. The van der Waals surface area contributed by atoms with Crippen molar-refractivity contribution in [1.29, 1.82) is 5.26 Å². The van der Waals surface area contributed by atoms with Crippen LogP contribution in [0.1, 0.15) is 16.8 Å². The van der Waals surface area contributed by atoms with Gasteiger partial charge in [0.05, 0.1) is 17.1 Å². The molecule has 1 heterocycles. The maximum atomic E-state index is 11.8. The number of nitriles is 1. The summed E-state index contributed by atoms with van der Waals surface area (Å²) in [5.74, 6) is -0.221. The van der Waals surface area contributed by atoms with Gasteiger partial charge in [-0.15, -0.1) is 11.8 Å². The molecule has 0 N–H and O–H groups in total. The molecule has 1 aliphatic heterocycles. The fourth-order valence-electron chi connectivity index (χ4n) is 1.95. The van der Waals surface area contributed by atoms with Gasteiger partial charge in [-0.05, 0) is 18.6 Å². The number of carbonyl (C=O) groups excluding carboxylic acids is 1. The Morgan fingerprint density at radius 1 is 1.45 bits per heavy atom. The quantitative estimate of drug-likeness (QED) is 0.786. The normalized spacial score (nSPS) is 20.2. The van der Waals surface area contributed by atoms with E-state index in [0.717, 1.165) is 0 Å². The molecule has 1 unspecified atom stereocenters. The maximum Gasteiger partial charge on any atom is 0.340 e. The van der Waals surface area contributed by atoms with Gasteiger partial charge in [-0.2, -0.15) is 5.26 Å². The van der Waals surface area contributed by atoms with Gasteiger partial charge in [0.15, 0.2) is 16.4 Å². The van der Waals surface area contributed by atoms with Crippen molar-refractivity contribution in [1.82, 2.24) is 0 Å². The van der Waals surface area contributed by atoms with Crippen molar-refractivity contribution in [3.63, 3.8) is 0 Å². The molecule has 0 aliphatic carbocycles. The van der Waals surface area contributed by atoms with E-state index in [4.69, 9.17) is 10.00 Å². The Morgan fingerprint density at radius 2 is 2.20 bits per heavy atom. The van der Waals surface area contributed by atoms with Gasteiger partial charge in [0.2, 0.25) is 0 Å². The minimum Gasteiger partial charge on any atom is -0.447 e. The van der Waals surface area contributed by atoms with E-state index in [1.807, 2.05) is 0 Å². The zero-order valence-electron chi connectivity index (χ0n) is 10.6. The van der Waals surface area contributed by atoms with E-state index in [1.54, 1.807) is 30.3 Å². The summed E-state index contributed by atoms with van der Waals surface area (Å²) in [4.78, 5) is 12.5. The summed E-state index contributed by atoms with van der Waals surface area (Å²) >= 11 is 1.38. The monoisotopic (exact) mass is 311 g/mol. The number of nitrogens with zero attached hydrogens (tertiary/aromatic N) is 1. The van der Waals surface area contributed by atoms with Crippen LogP contribution in [-0.2, 0) is 14.6 Å². The first-order valence-electron chi connectivity index (χ1n) is 6.02. The highest BCUT2D eigenvalue weighted by Gasteiger charge is 2.29. The zero-order chi connectivity index (χ0) is 14.6. The highest BCUT2D eigenvalue weighted by molar-refractivity contribution is 8.02. The van der Waals surface area contributed by atoms with E-state index in [9.17, 15) is 13.2 Å². The predicted molar refractivity (Wildman–Crippen MR) is 75.3 cm³/mol. The van der Waals surface area contributed by atoms with Crippen molar-refractivity contribution in [2.24, 2.45) is 0 Å². The molecule has 106 valence electrons. The number of hydrogen-bond acceptors (Lipinski definition) is 6. The van der Waals surface area contributed by atoms with Gasteiger partial charge < -0.3 is 4.74 Å². The van der Waals surface area contributed by atoms with Gasteiger partial charge in [0, 0.05) is 10.1 Å². The minimum absolute atomic E-state index is 0.0371. The average Bonchev–Trinajstić information content (AvgIpc) is 2.76. The first kappa shape index (κ1) is 14.9. The number of benzene rings is 1. The highest BCUT2D eigenvalue weighted by atomic mass is 32.2. The number of carbonyl (C=O) groups is 1. The number of sulfone groups is 1. The molecule has 1 saturated heterocycles. The second kappa shape index (κ2) is 6.29. The molecule has 7 heteroatoms. The third-order valence-corrected chi connectivity index (χ3v) is 6.18. The Kier molecular flexibility index (Phi) is 4.68. The Bertz CT molecular complexity index is 649. The second-order valence-corrected chi connectivity index (χ2v) is 7.94. The summed E-state index contributed by atoms with van der Waals surface area (Å²) < 4.78 is 27.7. The van der Waals surface area contributed by atoms with Gasteiger partial charge in [0.1, 0.15) is 6.07 Å². The number of hydrogen-bond donors (Lipinski definition) is 0. The molecule has 1 atom stereocenters. The number of esters is 1. The molecule has 20 heavy (non-hydrogen) atoms. The van der Waals surface area contributed by atoms with E-state index < -0.39 is 15.8 Å². The molecular weight excluding hydrogens is 298 g/mol. The van der Waals surface area contributed by atoms with Gasteiger partial charge in [-0.1, -0.05) is 12.1 Å². The molecule has 0 amide bonds. The molecule has 1 aliphatic rings. The SMILES string of the molecule is N#CCOC(=O)c1ccccc1SC1CCS(=O)(=O)C1. The third kappa shape index (κ3) is 3.74. The van der Waals surface area contributed by atoms with E-state index in [2.05, 4.69) is 0 Å². The molecule has 1 fully saturated rings. The lowest BCUT2D eigenvalue weighted by Crippen LogP contribution is -2.09. The van der Waals surface area contributed by atoms with Crippen LogP contribution >= 0.6 is 11.8 Å². The first-order valence-corrected chi connectivity index (χ1v) is 8.72. The van der Waals surface area contributed by atoms with Gasteiger partial charge in [0.25, 0.3) is 0 Å². The molecule has 1 aromatic carbocycles. The first-order chi connectivity index (χ1) is 9.52. The summed E-state index contributed by atoms with van der Waals surface area (Å²) in [6.45, 7) is -0.296. The molecule has 0 spiro atoms. The molecule has 0 bridgehead atoms. The summed E-state index contributed by atoms with van der Waals surface area (Å²) in [6, 6.07) is 8.61.